The summed E-state index contributed by atoms with van der Waals surface area (Å²) in [5, 5.41) is 0.254. The van der Waals surface area contributed by atoms with Gasteiger partial charge in [-0.2, -0.15) is 0 Å². The number of hydrogen-bond acceptors (Lipinski definition) is 5. The number of rotatable bonds is 5. The summed E-state index contributed by atoms with van der Waals surface area (Å²) in [4.78, 5) is 12.3. The Labute approximate surface area is 134 Å². The Bertz CT molecular complexity index is 806. The van der Waals surface area contributed by atoms with Crippen LogP contribution >= 0.6 is 11.6 Å². The van der Waals surface area contributed by atoms with Crippen LogP contribution in [0.15, 0.2) is 29.4 Å². The van der Waals surface area contributed by atoms with Crippen molar-refractivity contribution in [2.24, 2.45) is 0 Å². The third-order valence-corrected chi connectivity index (χ3v) is 4.87. The molecular formula is C14H15ClN4O2S. The van der Waals surface area contributed by atoms with Gasteiger partial charge in [-0.3, -0.25) is 4.98 Å². The fourth-order valence-electron chi connectivity index (χ4n) is 2.05. The molecule has 0 bridgehead atoms. The molecule has 0 saturated heterocycles. The largest absolute Gasteiger partial charge is 0.265 e. The van der Waals surface area contributed by atoms with E-state index in [9.17, 15) is 8.42 Å². The maximum absolute atomic E-state index is 12.4. The molecule has 0 aliphatic heterocycles. The van der Waals surface area contributed by atoms with Gasteiger partial charge in [-0.1, -0.05) is 18.5 Å². The molecule has 0 unspecified atom stereocenters. The van der Waals surface area contributed by atoms with E-state index in [-0.39, 0.29) is 15.9 Å². The zero-order valence-corrected chi connectivity index (χ0v) is 13.5. The lowest BCUT2D eigenvalue weighted by Crippen LogP contribution is -2.16. The molecule has 116 valence electrons. The van der Waals surface area contributed by atoms with Gasteiger partial charge >= 0.3 is 0 Å². The molecule has 0 aromatic carbocycles. The van der Waals surface area contributed by atoms with E-state index in [0.29, 0.717) is 5.92 Å². The lowest BCUT2D eigenvalue weighted by atomic mass is 10.2. The molecule has 0 spiro atoms. The van der Waals surface area contributed by atoms with Crippen LogP contribution in [0.25, 0.3) is 0 Å². The molecule has 0 radical (unpaired) electrons. The number of aromatic nitrogens is 3. The standard InChI is InChI=1S/C14H15ClN4O2S/c1-2-11-6-13(9-3-4-9)18-14(17-11)19-22(20,21)12-5-10(15)7-16-8-12/h5-9H,2-4H2,1H3,(H,17,18,19). The molecule has 1 aliphatic rings. The molecule has 2 heterocycles. The van der Waals surface area contributed by atoms with Crippen molar-refractivity contribution in [3.63, 3.8) is 0 Å². The third kappa shape index (κ3) is 3.36. The van der Waals surface area contributed by atoms with E-state index in [1.807, 2.05) is 13.0 Å². The highest BCUT2D eigenvalue weighted by molar-refractivity contribution is 7.92. The molecule has 1 N–H and O–H groups in total. The minimum Gasteiger partial charge on any atom is -0.262 e. The van der Waals surface area contributed by atoms with E-state index >= 15 is 0 Å². The Morgan fingerprint density at radius 2 is 2.05 bits per heavy atom. The van der Waals surface area contributed by atoms with Crippen molar-refractivity contribution >= 4 is 27.6 Å². The molecule has 1 saturated carbocycles. The molecule has 6 nitrogen and oxygen atoms in total. The average molecular weight is 339 g/mol. The molecular weight excluding hydrogens is 324 g/mol. The summed E-state index contributed by atoms with van der Waals surface area (Å²) >= 11 is 5.79. The van der Waals surface area contributed by atoms with Crippen molar-refractivity contribution < 1.29 is 8.42 Å². The van der Waals surface area contributed by atoms with Crippen molar-refractivity contribution in [3.8, 4) is 0 Å². The SMILES string of the molecule is CCc1cc(C2CC2)nc(NS(=O)(=O)c2cncc(Cl)c2)n1. The van der Waals surface area contributed by atoms with Gasteiger partial charge in [0, 0.05) is 29.7 Å². The summed E-state index contributed by atoms with van der Waals surface area (Å²) in [6.45, 7) is 1.97. The molecule has 1 fully saturated rings. The maximum Gasteiger partial charge on any atom is 0.265 e. The second-order valence-electron chi connectivity index (χ2n) is 5.18. The molecule has 0 atom stereocenters. The number of nitrogens with one attached hydrogen (secondary N) is 1. The number of pyridine rings is 1. The Kier molecular flexibility index (Phi) is 4.01. The molecule has 0 amide bonds. The van der Waals surface area contributed by atoms with Crippen LogP contribution in [0, 0.1) is 0 Å². The van der Waals surface area contributed by atoms with Crippen LogP contribution in [-0.2, 0) is 16.4 Å². The van der Waals surface area contributed by atoms with Gasteiger partial charge in [-0.05, 0) is 31.4 Å². The number of aryl methyl sites for hydroxylation is 1. The molecule has 2 aromatic rings. The van der Waals surface area contributed by atoms with Crippen LogP contribution in [0.4, 0.5) is 5.95 Å². The Morgan fingerprint density at radius 1 is 1.27 bits per heavy atom. The van der Waals surface area contributed by atoms with E-state index in [2.05, 4.69) is 19.7 Å². The quantitative estimate of drug-likeness (QED) is 0.906. The van der Waals surface area contributed by atoms with E-state index in [1.165, 1.54) is 18.5 Å². The lowest BCUT2D eigenvalue weighted by Gasteiger charge is -2.09. The Hall–Kier alpha value is -1.73. The number of hydrogen-bond donors (Lipinski definition) is 1. The Morgan fingerprint density at radius 3 is 2.68 bits per heavy atom. The highest BCUT2D eigenvalue weighted by Crippen LogP contribution is 2.39. The van der Waals surface area contributed by atoms with Crippen LogP contribution in [0.1, 0.15) is 37.1 Å². The van der Waals surface area contributed by atoms with Gasteiger partial charge in [0.25, 0.3) is 10.0 Å². The second-order valence-corrected chi connectivity index (χ2v) is 7.30. The number of anilines is 1. The van der Waals surface area contributed by atoms with Crippen LogP contribution in [-0.4, -0.2) is 23.4 Å². The van der Waals surface area contributed by atoms with Crippen molar-refractivity contribution in [3.05, 3.63) is 40.9 Å². The topological polar surface area (TPSA) is 84.8 Å². The van der Waals surface area contributed by atoms with E-state index in [0.717, 1.165) is 30.7 Å². The van der Waals surface area contributed by atoms with Crippen LogP contribution in [0.3, 0.4) is 0 Å². The van der Waals surface area contributed by atoms with Crippen molar-refractivity contribution in [1.82, 2.24) is 15.0 Å². The molecule has 8 heteroatoms. The van der Waals surface area contributed by atoms with Gasteiger partial charge in [0.1, 0.15) is 4.90 Å². The summed E-state index contributed by atoms with van der Waals surface area (Å²) in [5.41, 5.74) is 1.72. The van der Waals surface area contributed by atoms with E-state index in [4.69, 9.17) is 11.6 Å². The summed E-state index contributed by atoms with van der Waals surface area (Å²) < 4.78 is 27.1. The first kappa shape index (κ1) is 15.2. The summed E-state index contributed by atoms with van der Waals surface area (Å²) in [5.74, 6) is 0.519. The maximum atomic E-state index is 12.4. The highest BCUT2D eigenvalue weighted by Gasteiger charge is 2.27. The molecule has 2 aromatic heterocycles. The van der Waals surface area contributed by atoms with Crippen molar-refractivity contribution in [2.75, 3.05) is 4.72 Å². The van der Waals surface area contributed by atoms with E-state index < -0.39 is 10.0 Å². The fraction of sp³-hybridized carbons (Fsp3) is 0.357. The predicted molar refractivity (Wildman–Crippen MR) is 83.4 cm³/mol. The van der Waals surface area contributed by atoms with Gasteiger partial charge in [0.05, 0.1) is 5.02 Å². The first-order chi connectivity index (χ1) is 10.5. The minimum absolute atomic E-state index is 0.0153. The monoisotopic (exact) mass is 338 g/mol. The second kappa shape index (κ2) is 5.81. The Balaban J connectivity index is 1.93. The summed E-state index contributed by atoms with van der Waals surface area (Å²) in [7, 11) is -3.80. The lowest BCUT2D eigenvalue weighted by molar-refractivity contribution is 0.600. The van der Waals surface area contributed by atoms with E-state index in [1.54, 1.807) is 0 Å². The van der Waals surface area contributed by atoms with Crippen molar-refractivity contribution in [1.29, 1.82) is 0 Å². The predicted octanol–water partition coefficient (Wildman–Crippen LogP) is 2.77. The van der Waals surface area contributed by atoms with Crippen molar-refractivity contribution in [2.45, 2.75) is 37.0 Å². The fourth-order valence-corrected chi connectivity index (χ4v) is 3.22. The summed E-state index contributed by atoms with van der Waals surface area (Å²) in [6.07, 6.45) is 5.50. The molecule has 22 heavy (non-hydrogen) atoms. The number of nitrogens with zero attached hydrogens (tertiary/aromatic N) is 3. The van der Waals surface area contributed by atoms with Gasteiger partial charge < -0.3 is 0 Å². The van der Waals surface area contributed by atoms with Crippen LogP contribution < -0.4 is 4.72 Å². The number of halogens is 1. The van der Waals surface area contributed by atoms with Gasteiger partial charge in [-0.25, -0.2) is 23.1 Å². The minimum atomic E-state index is -3.80. The zero-order chi connectivity index (χ0) is 15.7. The third-order valence-electron chi connectivity index (χ3n) is 3.37. The highest BCUT2D eigenvalue weighted by atomic mass is 35.5. The number of sulfonamides is 1. The zero-order valence-electron chi connectivity index (χ0n) is 12.0. The van der Waals surface area contributed by atoms with Crippen LogP contribution in [0.5, 0.6) is 0 Å². The van der Waals surface area contributed by atoms with Gasteiger partial charge in [0.2, 0.25) is 5.95 Å². The van der Waals surface area contributed by atoms with Crippen LogP contribution in [0.2, 0.25) is 5.02 Å². The molecule has 3 rings (SSSR count). The average Bonchev–Trinajstić information content (AvgIpc) is 3.31. The first-order valence-electron chi connectivity index (χ1n) is 6.99. The van der Waals surface area contributed by atoms with Gasteiger partial charge in [-0.15, -0.1) is 0 Å². The molecule has 1 aliphatic carbocycles. The smallest absolute Gasteiger partial charge is 0.262 e. The summed E-state index contributed by atoms with van der Waals surface area (Å²) in [6, 6.07) is 3.28. The van der Waals surface area contributed by atoms with Gasteiger partial charge in [0.15, 0.2) is 0 Å². The normalized spacial score (nSPS) is 14.8. The first-order valence-corrected chi connectivity index (χ1v) is 8.85.